The van der Waals surface area contributed by atoms with Crippen LogP contribution in [-0.2, 0) is 26.6 Å². The molecule has 1 N–H and O–H groups in total. The zero-order chi connectivity index (χ0) is 13.3. The lowest BCUT2D eigenvalue weighted by Crippen LogP contribution is -2.34. The van der Waals surface area contributed by atoms with Crippen molar-refractivity contribution in [2.75, 3.05) is 12.5 Å². The molecule has 8 heteroatoms. The second kappa shape index (κ2) is 4.63. The van der Waals surface area contributed by atoms with Crippen LogP contribution >= 0.6 is 0 Å². The van der Waals surface area contributed by atoms with Crippen molar-refractivity contribution in [3.05, 3.63) is 29.8 Å². The molecule has 0 saturated heterocycles. The first kappa shape index (κ1) is 13.9. The van der Waals surface area contributed by atoms with Crippen molar-refractivity contribution in [1.82, 2.24) is 3.71 Å². The number of benzene rings is 1. The number of hydrogen-bond donors (Lipinski definition) is 1. The van der Waals surface area contributed by atoms with Crippen LogP contribution < -0.4 is 0 Å². The number of nitrogens with zero attached hydrogens (tertiary/aromatic N) is 1. The Labute approximate surface area is 101 Å². The summed E-state index contributed by atoms with van der Waals surface area (Å²) in [4.78, 5) is 0. The van der Waals surface area contributed by atoms with Gasteiger partial charge in [-0.3, -0.25) is 0 Å². The predicted molar refractivity (Wildman–Crippen MR) is 63.3 cm³/mol. The summed E-state index contributed by atoms with van der Waals surface area (Å²) in [5.74, 6) is 0.0269. The van der Waals surface area contributed by atoms with E-state index in [-0.39, 0.29) is 12.3 Å². The van der Waals surface area contributed by atoms with Crippen LogP contribution in [0.15, 0.2) is 24.3 Å². The van der Waals surface area contributed by atoms with Gasteiger partial charge in [-0.2, -0.15) is 0 Å². The molecule has 0 radical (unpaired) electrons. The van der Waals surface area contributed by atoms with E-state index in [0.717, 1.165) is 12.5 Å². The lowest BCUT2D eigenvalue weighted by Gasteiger charge is -2.17. The molecule has 1 rings (SSSR count). The molecule has 0 aromatic heterocycles. The molecular formula is C9H13NO5S2. The van der Waals surface area contributed by atoms with E-state index in [1.165, 1.54) is 24.3 Å². The maximum absolute atomic E-state index is 11.3. The van der Waals surface area contributed by atoms with Crippen molar-refractivity contribution in [1.29, 1.82) is 0 Å². The topological polar surface area (TPSA) is 91.8 Å². The molecule has 0 unspecified atom stereocenters. The number of sulfonamides is 2. The van der Waals surface area contributed by atoms with Gasteiger partial charge in [0.1, 0.15) is 5.75 Å². The molecule has 96 valence electrons. The lowest BCUT2D eigenvalue weighted by molar-refractivity contribution is 0.474. The summed E-state index contributed by atoms with van der Waals surface area (Å²) in [5, 5.41) is 9.06. The van der Waals surface area contributed by atoms with E-state index in [2.05, 4.69) is 0 Å². The highest BCUT2D eigenvalue weighted by Crippen LogP contribution is 2.15. The smallest absolute Gasteiger partial charge is 0.224 e. The number of aromatic hydroxyl groups is 1. The quantitative estimate of drug-likeness (QED) is 0.844. The van der Waals surface area contributed by atoms with Gasteiger partial charge in [-0.1, -0.05) is 15.8 Å². The second-order valence-corrected chi connectivity index (χ2v) is 7.67. The van der Waals surface area contributed by atoms with E-state index < -0.39 is 20.0 Å². The van der Waals surface area contributed by atoms with E-state index in [0.29, 0.717) is 9.27 Å². The average Bonchev–Trinajstić information content (AvgIpc) is 2.13. The van der Waals surface area contributed by atoms with Gasteiger partial charge in [-0.05, 0) is 17.7 Å². The summed E-state index contributed by atoms with van der Waals surface area (Å²) in [6.45, 7) is -0.280. The summed E-state index contributed by atoms with van der Waals surface area (Å²) in [7, 11) is -7.70. The van der Waals surface area contributed by atoms with E-state index >= 15 is 0 Å². The van der Waals surface area contributed by atoms with Crippen LogP contribution in [0.5, 0.6) is 5.75 Å². The molecule has 0 aliphatic carbocycles. The Kier molecular flexibility index (Phi) is 3.80. The maximum Gasteiger partial charge on any atom is 0.224 e. The zero-order valence-corrected chi connectivity index (χ0v) is 11.0. The second-order valence-electron chi connectivity index (χ2n) is 3.62. The largest absolute Gasteiger partial charge is 0.508 e. The molecule has 1 aromatic carbocycles. The summed E-state index contributed by atoms with van der Waals surface area (Å²) >= 11 is 0. The molecule has 0 saturated carbocycles. The minimum Gasteiger partial charge on any atom is -0.508 e. The van der Waals surface area contributed by atoms with Crippen molar-refractivity contribution in [2.24, 2.45) is 0 Å². The monoisotopic (exact) mass is 279 g/mol. The van der Waals surface area contributed by atoms with Gasteiger partial charge in [-0.15, -0.1) is 0 Å². The number of rotatable bonds is 4. The number of hydrogen-bond acceptors (Lipinski definition) is 5. The van der Waals surface area contributed by atoms with Gasteiger partial charge >= 0.3 is 0 Å². The van der Waals surface area contributed by atoms with E-state index in [4.69, 9.17) is 5.11 Å². The van der Waals surface area contributed by atoms with Gasteiger partial charge in [0.25, 0.3) is 0 Å². The fourth-order valence-corrected chi connectivity index (χ4v) is 3.97. The molecule has 6 nitrogen and oxygen atoms in total. The van der Waals surface area contributed by atoms with Crippen molar-refractivity contribution < 1.29 is 21.9 Å². The fraction of sp³-hybridized carbons (Fsp3) is 0.333. The Morgan fingerprint density at radius 3 is 1.76 bits per heavy atom. The Morgan fingerprint density at radius 1 is 1.00 bits per heavy atom. The predicted octanol–water partition coefficient (Wildman–Crippen LogP) is 0.113. The average molecular weight is 279 g/mol. The Morgan fingerprint density at radius 2 is 1.41 bits per heavy atom. The molecule has 0 amide bonds. The van der Waals surface area contributed by atoms with Crippen LogP contribution in [0, 0.1) is 0 Å². The highest BCUT2D eigenvalue weighted by molar-refractivity contribution is 8.03. The van der Waals surface area contributed by atoms with Gasteiger partial charge in [0.05, 0.1) is 19.1 Å². The minimum atomic E-state index is -3.85. The van der Waals surface area contributed by atoms with Gasteiger partial charge in [0.2, 0.25) is 20.0 Å². The third-order valence-electron chi connectivity index (χ3n) is 1.99. The van der Waals surface area contributed by atoms with Crippen LogP contribution in [0.25, 0.3) is 0 Å². The van der Waals surface area contributed by atoms with Crippen LogP contribution in [0.1, 0.15) is 5.56 Å². The van der Waals surface area contributed by atoms with Crippen LogP contribution in [0.3, 0.4) is 0 Å². The Hall–Kier alpha value is -1.12. The summed E-state index contributed by atoms with van der Waals surface area (Å²) in [5.41, 5.74) is 0.471. The lowest BCUT2D eigenvalue weighted by atomic mass is 10.2. The third-order valence-corrected chi connectivity index (χ3v) is 5.35. The van der Waals surface area contributed by atoms with E-state index in [1.807, 2.05) is 0 Å². The van der Waals surface area contributed by atoms with E-state index in [9.17, 15) is 16.8 Å². The zero-order valence-electron chi connectivity index (χ0n) is 9.36. The molecule has 0 aliphatic heterocycles. The fourth-order valence-electron chi connectivity index (χ4n) is 1.23. The highest BCUT2D eigenvalue weighted by atomic mass is 32.3. The van der Waals surface area contributed by atoms with Crippen molar-refractivity contribution in [3.63, 3.8) is 0 Å². The minimum absolute atomic E-state index is 0.0269. The van der Waals surface area contributed by atoms with Crippen LogP contribution in [0.4, 0.5) is 0 Å². The molecule has 0 aliphatic rings. The summed E-state index contributed by atoms with van der Waals surface area (Å²) in [6, 6.07) is 5.63. The van der Waals surface area contributed by atoms with Gasteiger partial charge in [-0.25, -0.2) is 16.8 Å². The SMILES string of the molecule is CS(=O)(=O)N(Cc1ccc(O)cc1)S(C)(=O)=O. The Balaban J connectivity index is 3.09. The van der Waals surface area contributed by atoms with Gasteiger partial charge in [0.15, 0.2) is 0 Å². The van der Waals surface area contributed by atoms with Gasteiger partial charge in [0, 0.05) is 0 Å². The first-order valence-electron chi connectivity index (χ1n) is 4.56. The molecule has 0 spiro atoms. The molecule has 0 heterocycles. The van der Waals surface area contributed by atoms with E-state index in [1.54, 1.807) is 0 Å². The number of phenols is 1. The van der Waals surface area contributed by atoms with Crippen molar-refractivity contribution in [2.45, 2.75) is 6.54 Å². The summed E-state index contributed by atoms with van der Waals surface area (Å²) < 4.78 is 45.8. The first-order valence-corrected chi connectivity index (χ1v) is 8.26. The summed E-state index contributed by atoms with van der Waals surface area (Å²) in [6.07, 6.45) is 1.66. The van der Waals surface area contributed by atoms with Crippen LogP contribution in [-0.4, -0.2) is 38.2 Å². The molecule has 0 bridgehead atoms. The van der Waals surface area contributed by atoms with Crippen molar-refractivity contribution in [3.8, 4) is 5.75 Å². The Bertz CT molecular complexity index is 557. The van der Waals surface area contributed by atoms with Crippen LogP contribution in [0.2, 0.25) is 0 Å². The highest BCUT2D eigenvalue weighted by Gasteiger charge is 2.26. The molecule has 0 atom stereocenters. The molecule has 17 heavy (non-hydrogen) atoms. The standard InChI is InChI=1S/C9H13NO5S2/c1-16(12,13)10(17(2,14)15)7-8-3-5-9(11)6-4-8/h3-6,11H,7H2,1-2H3. The normalized spacial score (nSPS) is 12.9. The molecule has 1 aromatic rings. The molecule has 0 fully saturated rings. The molecular weight excluding hydrogens is 266 g/mol. The van der Waals surface area contributed by atoms with Crippen molar-refractivity contribution >= 4 is 20.0 Å². The first-order chi connectivity index (χ1) is 7.60. The third kappa shape index (κ3) is 3.99. The van der Waals surface area contributed by atoms with Gasteiger partial charge < -0.3 is 5.11 Å². The number of phenolic OH excluding ortho intramolecular Hbond substituents is 1. The maximum atomic E-state index is 11.3.